The Morgan fingerprint density at radius 3 is 1.59 bits per heavy atom. The fourth-order valence-electron chi connectivity index (χ4n) is 3.85. The molecule has 0 aliphatic heterocycles. The van der Waals surface area contributed by atoms with Crippen molar-refractivity contribution in [1.29, 1.82) is 0 Å². The van der Waals surface area contributed by atoms with Gasteiger partial charge in [0.05, 0.1) is 0 Å². The Hall–Kier alpha value is -2.22. The molecule has 4 rings (SSSR count). The predicted octanol–water partition coefficient (Wildman–Crippen LogP) is 4.39. The highest BCUT2D eigenvalue weighted by atomic mass is 31.2. The third-order valence-electron chi connectivity index (χ3n) is 5.59. The first kappa shape index (κ1) is 18.2. The molecule has 4 heteroatoms. The van der Waals surface area contributed by atoms with Gasteiger partial charge >= 0.3 is 0 Å². The van der Waals surface area contributed by atoms with E-state index in [1.165, 1.54) is 0 Å². The molecule has 138 valence electrons. The summed E-state index contributed by atoms with van der Waals surface area (Å²) in [5.41, 5.74) is 0.257. The van der Waals surface area contributed by atoms with Crippen molar-refractivity contribution in [2.24, 2.45) is 0 Å². The fraction of sp³-hybridized carbons (Fsp3) is 0.217. The Morgan fingerprint density at radius 1 is 0.778 bits per heavy atom. The summed E-state index contributed by atoms with van der Waals surface area (Å²) in [6.45, 7) is 0. The van der Waals surface area contributed by atoms with E-state index < -0.39 is 24.6 Å². The maximum atomic E-state index is 15.9. The lowest BCUT2D eigenvalue weighted by Gasteiger charge is -2.31. The summed E-state index contributed by atoms with van der Waals surface area (Å²) in [6.07, 6.45) is 0.0656. The van der Waals surface area contributed by atoms with E-state index in [1.54, 1.807) is 48.5 Å². The lowest BCUT2D eigenvalue weighted by molar-refractivity contribution is 0.0816. The van der Waals surface area contributed by atoms with Crippen LogP contribution in [0, 0.1) is 0 Å². The van der Waals surface area contributed by atoms with Gasteiger partial charge < -0.3 is 9.67 Å². The van der Waals surface area contributed by atoms with E-state index in [2.05, 4.69) is 0 Å². The van der Waals surface area contributed by atoms with Crippen LogP contribution in [0.15, 0.2) is 91.0 Å². The number of aliphatic hydroxyl groups excluding tert-OH is 1. The van der Waals surface area contributed by atoms with Gasteiger partial charge in [0, 0.05) is 16.0 Å². The largest absolute Gasteiger partial charge is 0.389 e. The van der Waals surface area contributed by atoms with E-state index in [0.29, 0.717) is 23.5 Å². The molecule has 0 heterocycles. The predicted molar refractivity (Wildman–Crippen MR) is 108 cm³/mol. The van der Waals surface area contributed by atoms with Crippen molar-refractivity contribution in [2.45, 2.75) is 30.3 Å². The molecule has 1 saturated carbocycles. The van der Waals surface area contributed by atoms with Crippen LogP contribution in [-0.4, -0.2) is 17.1 Å². The van der Waals surface area contributed by atoms with E-state index >= 15 is 4.39 Å². The number of alkyl halides is 1. The zero-order chi connectivity index (χ0) is 18.9. The third kappa shape index (κ3) is 3.05. The van der Waals surface area contributed by atoms with Gasteiger partial charge in [0.15, 0.2) is 13.1 Å². The minimum atomic E-state index is -3.66. The van der Waals surface area contributed by atoms with Crippen LogP contribution in [0.2, 0.25) is 0 Å². The average molecular weight is 380 g/mol. The van der Waals surface area contributed by atoms with Gasteiger partial charge in [0.2, 0.25) is 0 Å². The van der Waals surface area contributed by atoms with E-state index in [0.717, 1.165) is 5.56 Å². The summed E-state index contributed by atoms with van der Waals surface area (Å²) in [5, 5.41) is 11.9. The van der Waals surface area contributed by atoms with Gasteiger partial charge in [-0.25, -0.2) is 4.39 Å². The van der Waals surface area contributed by atoms with Crippen LogP contribution in [0.5, 0.6) is 0 Å². The second kappa shape index (κ2) is 7.07. The molecule has 0 radical (unpaired) electrons. The van der Waals surface area contributed by atoms with E-state index in [4.69, 9.17) is 0 Å². The lowest BCUT2D eigenvalue weighted by Crippen LogP contribution is -2.39. The Labute approximate surface area is 159 Å². The van der Waals surface area contributed by atoms with Gasteiger partial charge in [-0.3, -0.25) is 0 Å². The number of benzene rings is 3. The molecule has 0 spiro atoms. The minimum absolute atomic E-state index is 0.437. The van der Waals surface area contributed by atoms with E-state index in [-0.39, 0.29) is 0 Å². The number of rotatable bonds is 6. The van der Waals surface area contributed by atoms with Crippen LogP contribution in [0.25, 0.3) is 0 Å². The lowest BCUT2D eigenvalue weighted by atomic mass is 9.90. The number of hydrogen-bond donors (Lipinski definition) is 1. The van der Waals surface area contributed by atoms with E-state index in [1.807, 2.05) is 42.5 Å². The molecule has 0 saturated heterocycles. The molecule has 27 heavy (non-hydrogen) atoms. The molecule has 2 atom stereocenters. The van der Waals surface area contributed by atoms with Crippen molar-refractivity contribution >= 4 is 17.8 Å². The molecule has 1 fully saturated rings. The van der Waals surface area contributed by atoms with E-state index in [9.17, 15) is 9.67 Å². The molecule has 3 aromatic carbocycles. The van der Waals surface area contributed by atoms with Crippen molar-refractivity contribution in [3.8, 4) is 0 Å². The summed E-state index contributed by atoms with van der Waals surface area (Å²) in [6, 6.07) is 26.9. The summed E-state index contributed by atoms with van der Waals surface area (Å²) in [4.78, 5) is 0. The Kier molecular flexibility index (Phi) is 4.75. The monoisotopic (exact) mass is 380 g/mol. The van der Waals surface area contributed by atoms with Crippen LogP contribution >= 0.6 is 7.14 Å². The summed E-state index contributed by atoms with van der Waals surface area (Å²) >= 11 is 0. The van der Waals surface area contributed by atoms with Gasteiger partial charge in [-0.1, -0.05) is 91.0 Å². The first-order valence-corrected chi connectivity index (χ1v) is 11.0. The van der Waals surface area contributed by atoms with Crippen LogP contribution in [-0.2, 0) is 9.98 Å². The van der Waals surface area contributed by atoms with Crippen molar-refractivity contribution < 1.29 is 14.1 Å². The molecule has 0 aromatic heterocycles. The zero-order valence-corrected chi connectivity index (χ0v) is 15.8. The average Bonchev–Trinajstić information content (AvgIpc) is 3.56. The smallest absolute Gasteiger partial charge is 0.187 e. The van der Waals surface area contributed by atoms with Crippen molar-refractivity contribution in [2.75, 3.05) is 0 Å². The first-order chi connectivity index (χ1) is 13.1. The Balaban J connectivity index is 1.79. The highest BCUT2D eigenvalue weighted by Gasteiger charge is 2.57. The molecule has 2 nitrogen and oxygen atoms in total. The Bertz CT molecular complexity index is 896. The van der Waals surface area contributed by atoms with Gasteiger partial charge in [-0.15, -0.1) is 0 Å². The standard InChI is InChI=1S/C23H22FO2P/c24-22(21(25)23(16-17-23)18-10-4-1-5-11-18)27(26,19-12-6-2-7-13-19)20-14-8-3-9-15-20/h1-15,21-22,25H,16-17H2/t21-,22-/m1/s1. The van der Waals surface area contributed by atoms with Crippen molar-refractivity contribution in [3.63, 3.8) is 0 Å². The quantitative estimate of drug-likeness (QED) is 0.644. The molecule has 0 amide bonds. The second-order valence-electron chi connectivity index (χ2n) is 7.17. The summed E-state index contributed by atoms with van der Waals surface area (Å²) < 4.78 is 30.1. The SMILES string of the molecule is O=P(c1ccccc1)(c1ccccc1)[C@@H](F)[C@@H](O)C1(c2ccccc2)CC1. The molecule has 0 unspecified atom stereocenters. The zero-order valence-electron chi connectivity index (χ0n) is 14.9. The van der Waals surface area contributed by atoms with Gasteiger partial charge in [-0.05, 0) is 18.4 Å². The second-order valence-corrected chi connectivity index (χ2v) is 10.0. The molecule has 3 aromatic rings. The topological polar surface area (TPSA) is 37.3 Å². The molecule has 0 bridgehead atoms. The first-order valence-electron chi connectivity index (χ1n) is 9.18. The maximum Gasteiger partial charge on any atom is 0.187 e. The van der Waals surface area contributed by atoms with Crippen LogP contribution < -0.4 is 10.6 Å². The maximum absolute atomic E-state index is 15.9. The number of hydrogen-bond acceptors (Lipinski definition) is 2. The molecular formula is C23H22FO2P. The summed E-state index contributed by atoms with van der Waals surface area (Å²) in [5.74, 6) is -1.87. The van der Waals surface area contributed by atoms with Gasteiger partial charge in [0.25, 0.3) is 0 Å². The van der Waals surface area contributed by atoms with Crippen molar-refractivity contribution in [3.05, 3.63) is 96.6 Å². The molecular weight excluding hydrogens is 358 g/mol. The third-order valence-corrected chi connectivity index (χ3v) is 8.70. The minimum Gasteiger partial charge on any atom is -0.389 e. The number of halogens is 1. The van der Waals surface area contributed by atoms with Crippen LogP contribution in [0.3, 0.4) is 0 Å². The van der Waals surface area contributed by atoms with Crippen LogP contribution in [0.1, 0.15) is 18.4 Å². The highest BCUT2D eigenvalue weighted by Crippen LogP contribution is 2.59. The molecule has 1 aliphatic carbocycles. The molecule has 1 N–H and O–H groups in total. The Morgan fingerprint density at radius 2 is 1.19 bits per heavy atom. The summed E-state index contributed by atoms with van der Waals surface area (Å²) in [7, 11) is -3.66. The fourth-order valence-corrected chi connectivity index (χ4v) is 6.64. The molecule has 1 aliphatic rings. The number of aliphatic hydroxyl groups is 1. The highest BCUT2D eigenvalue weighted by molar-refractivity contribution is 7.79. The van der Waals surface area contributed by atoms with Gasteiger partial charge in [-0.2, -0.15) is 0 Å². The van der Waals surface area contributed by atoms with Crippen LogP contribution in [0.4, 0.5) is 4.39 Å². The normalized spacial score (nSPS) is 17.9. The van der Waals surface area contributed by atoms with Gasteiger partial charge in [0.1, 0.15) is 6.10 Å². The van der Waals surface area contributed by atoms with Crippen molar-refractivity contribution in [1.82, 2.24) is 0 Å².